The topological polar surface area (TPSA) is 70.6 Å². The molecule has 0 saturated heterocycles. The summed E-state index contributed by atoms with van der Waals surface area (Å²) in [6.45, 7) is 1.64. The molecule has 0 aliphatic rings. The summed E-state index contributed by atoms with van der Waals surface area (Å²) in [5.74, 6) is -0.604. The van der Waals surface area contributed by atoms with Crippen molar-refractivity contribution in [3.63, 3.8) is 0 Å². The van der Waals surface area contributed by atoms with Crippen molar-refractivity contribution in [2.45, 2.75) is 19.8 Å². The highest BCUT2D eigenvalue weighted by molar-refractivity contribution is 6.35. The lowest BCUT2D eigenvalue weighted by atomic mass is 10.1. The molecule has 0 bridgehead atoms. The molecule has 0 aliphatic heterocycles. The molecule has 0 radical (unpaired) electrons. The van der Waals surface area contributed by atoms with Gasteiger partial charge in [-0.25, -0.2) is 5.43 Å². The number of amides is 2. The number of halogens is 3. The second kappa shape index (κ2) is 9.57. The van der Waals surface area contributed by atoms with Crippen molar-refractivity contribution in [1.82, 2.24) is 5.43 Å². The molecule has 5 nitrogen and oxygen atoms in total. The number of hydrogen-bond acceptors (Lipinski definition) is 3. The van der Waals surface area contributed by atoms with E-state index in [1.54, 1.807) is 49.4 Å². The Morgan fingerprint density at radius 2 is 1.62 bits per heavy atom. The van der Waals surface area contributed by atoms with E-state index < -0.39 is 0 Å². The Labute approximate surface area is 166 Å². The van der Waals surface area contributed by atoms with E-state index in [4.69, 9.17) is 34.8 Å². The molecule has 0 heterocycles. The van der Waals surface area contributed by atoms with Crippen LogP contribution in [0, 0.1) is 0 Å². The Balaban J connectivity index is 1.85. The van der Waals surface area contributed by atoms with Crippen LogP contribution in [-0.4, -0.2) is 17.5 Å². The van der Waals surface area contributed by atoms with Gasteiger partial charge in [-0.15, -0.1) is 0 Å². The molecule has 0 atom stereocenters. The number of carbonyl (C=O) groups excluding carboxylic acids is 2. The van der Waals surface area contributed by atoms with Gasteiger partial charge in [-0.05, 0) is 42.8 Å². The molecule has 0 aromatic heterocycles. The van der Waals surface area contributed by atoms with Crippen LogP contribution in [0.15, 0.2) is 47.6 Å². The van der Waals surface area contributed by atoms with Gasteiger partial charge < -0.3 is 5.32 Å². The molecule has 0 unspecified atom stereocenters. The molecule has 0 saturated carbocycles. The number of nitrogens with one attached hydrogen (secondary N) is 2. The summed E-state index contributed by atoms with van der Waals surface area (Å²) >= 11 is 17.7. The quantitative estimate of drug-likeness (QED) is 0.533. The van der Waals surface area contributed by atoms with Gasteiger partial charge in [-0.2, -0.15) is 5.10 Å². The van der Waals surface area contributed by atoms with Gasteiger partial charge in [0.15, 0.2) is 0 Å². The number of hydrazone groups is 1. The molecule has 0 spiro atoms. The summed E-state index contributed by atoms with van der Waals surface area (Å²) in [7, 11) is 0. The SMILES string of the molecule is C/C(CC(=O)Nc1cc(Cl)ccc1Cl)=N\NC(=O)Cc1ccc(Cl)cc1. The summed E-state index contributed by atoms with van der Waals surface area (Å²) in [6.07, 6.45) is 0.169. The van der Waals surface area contributed by atoms with Crippen LogP contribution in [0.4, 0.5) is 5.69 Å². The largest absolute Gasteiger partial charge is 0.324 e. The molecule has 2 rings (SSSR count). The van der Waals surface area contributed by atoms with E-state index >= 15 is 0 Å². The van der Waals surface area contributed by atoms with Crippen molar-refractivity contribution in [2.75, 3.05) is 5.32 Å². The van der Waals surface area contributed by atoms with E-state index in [0.717, 1.165) is 5.56 Å². The van der Waals surface area contributed by atoms with Crippen molar-refractivity contribution >= 4 is 58.0 Å². The van der Waals surface area contributed by atoms with Crippen LogP contribution in [0.2, 0.25) is 15.1 Å². The molecular weight excluding hydrogens is 397 g/mol. The normalized spacial score (nSPS) is 11.2. The number of benzene rings is 2. The van der Waals surface area contributed by atoms with Gasteiger partial charge in [-0.1, -0.05) is 46.9 Å². The van der Waals surface area contributed by atoms with E-state index in [-0.39, 0.29) is 24.7 Å². The van der Waals surface area contributed by atoms with Gasteiger partial charge in [0.05, 0.1) is 23.6 Å². The third-order valence-electron chi connectivity index (χ3n) is 3.27. The summed E-state index contributed by atoms with van der Waals surface area (Å²) in [5, 5.41) is 8.03. The highest BCUT2D eigenvalue weighted by Crippen LogP contribution is 2.25. The van der Waals surface area contributed by atoms with Crippen LogP contribution in [0.25, 0.3) is 0 Å². The molecule has 26 heavy (non-hydrogen) atoms. The molecule has 0 aliphatic carbocycles. The smallest absolute Gasteiger partial charge is 0.244 e. The Morgan fingerprint density at radius 3 is 2.31 bits per heavy atom. The summed E-state index contributed by atoms with van der Waals surface area (Å²) in [5.41, 5.74) is 4.11. The lowest BCUT2D eigenvalue weighted by molar-refractivity contribution is -0.120. The third kappa shape index (κ3) is 6.67. The summed E-state index contributed by atoms with van der Waals surface area (Å²) in [6, 6.07) is 11.7. The first-order valence-corrected chi connectivity index (χ1v) is 8.78. The number of rotatable bonds is 6. The van der Waals surface area contributed by atoms with Gasteiger partial charge in [0.25, 0.3) is 0 Å². The van der Waals surface area contributed by atoms with Crippen molar-refractivity contribution in [3.05, 3.63) is 63.1 Å². The molecule has 2 N–H and O–H groups in total. The lowest BCUT2D eigenvalue weighted by Gasteiger charge is -2.08. The molecule has 136 valence electrons. The van der Waals surface area contributed by atoms with Gasteiger partial charge in [0.1, 0.15) is 0 Å². The molecule has 0 fully saturated rings. The average molecular weight is 413 g/mol. The number of carbonyl (C=O) groups is 2. The van der Waals surface area contributed by atoms with Crippen molar-refractivity contribution < 1.29 is 9.59 Å². The van der Waals surface area contributed by atoms with Crippen LogP contribution >= 0.6 is 34.8 Å². The Kier molecular flexibility index (Phi) is 7.45. The molecule has 2 aromatic carbocycles. The van der Waals surface area contributed by atoms with Gasteiger partial charge >= 0.3 is 0 Å². The summed E-state index contributed by atoms with van der Waals surface area (Å²) in [4.78, 5) is 23.9. The zero-order chi connectivity index (χ0) is 19.1. The van der Waals surface area contributed by atoms with E-state index in [1.807, 2.05) is 0 Å². The average Bonchev–Trinajstić information content (AvgIpc) is 2.58. The van der Waals surface area contributed by atoms with Crippen LogP contribution in [0.1, 0.15) is 18.9 Å². The van der Waals surface area contributed by atoms with Crippen molar-refractivity contribution in [1.29, 1.82) is 0 Å². The zero-order valence-corrected chi connectivity index (χ0v) is 16.1. The van der Waals surface area contributed by atoms with Gasteiger partial charge in [0, 0.05) is 15.8 Å². The number of hydrogen-bond donors (Lipinski definition) is 2. The highest BCUT2D eigenvalue weighted by atomic mass is 35.5. The molecule has 8 heteroatoms. The summed E-state index contributed by atoms with van der Waals surface area (Å²) < 4.78 is 0. The van der Waals surface area contributed by atoms with E-state index in [2.05, 4.69) is 15.8 Å². The fourth-order valence-corrected chi connectivity index (χ4v) is 2.51. The fourth-order valence-electron chi connectivity index (χ4n) is 2.04. The Hall–Kier alpha value is -2.08. The fraction of sp³-hybridized carbons (Fsp3) is 0.167. The van der Waals surface area contributed by atoms with Gasteiger partial charge in [-0.3, -0.25) is 9.59 Å². The van der Waals surface area contributed by atoms with Crippen LogP contribution < -0.4 is 10.7 Å². The highest BCUT2D eigenvalue weighted by Gasteiger charge is 2.09. The molecular formula is C18H16Cl3N3O2. The third-order valence-corrected chi connectivity index (χ3v) is 4.08. The maximum absolute atomic E-state index is 12.0. The second-order valence-electron chi connectivity index (χ2n) is 5.53. The van der Waals surface area contributed by atoms with E-state index in [9.17, 15) is 9.59 Å². The molecule has 2 aromatic rings. The standard InChI is InChI=1S/C18H16Cl3N3O2/c1-11(8-17(25)22-16-10-14(20)6-7-15(16)21)23-24-18(26)9-12-2-4-13(19)5-3-12/h2-7,10H,8-9H2,1H3,(H,22,25)(H,24,26)/b23-11+. The minimum Gasteiger partial charge on any atom is -0.324 e. The first-order chi connectivity index (χ1) is 12.3. The monoisotopic (exact) mass is 411 g/mol. The molecule has 2 amide bonds. The maximum Gasteiger partial charge on any atom is 0.244 e. The lowest BCUT2D eigenvalue weighted by Crippen LogP contribution is -2.22. The minimum absolute atomic E-state index is 0.00403. The first-order valence-electron chi connectivity index (χ1n) is 7.65. The first kappa shape index (κ1) is 20.2. The Bertz CT molecular complexity index is 836. The number of nitrogens with zero attached hydrogens (tertiary/aromatic N) is 1. The predicted octanol–water partition coefficient (Wildman–Crippen LogP) is 4.71. The van der Waals surface area contributed by atoms with Crippen LogP contribution in [0.5, 0.6) is 0 Å². The van der Waals surface area contributed by atoms with Crippen molar-refractivity contribution in [3.8, 4) is 0 Å². The van der Waals surface area contributed by atoms with E-state index in [1.165, 1.54) is 0 Å². The van der Waals surface area contributed by atoms with Crippen LogP contribution in [0.3, 0.4) is 0 Å². The van der Waals surface area contributed by atoms with Crippen molar-refractivity contribution in [2.24, 2.45) is 5.10 Å². The second-order valence-corrected chi connectivity index (χ2v) is 6.81. The van der Waals surface area contributed by atoms with Gasteiger partial charge in [0.2, 0.25) is 11.8 Å². The predicted molar refractivity (Wildman–Crippen MR) is 106 cm³/mol. The Morgan fingerprint density at radius 1 is 0.962 bits per heavy atom. The van der Waals surface area contributed by atoms with E-state index in [0.29, 0.717) is 26.5 Å². The minimum atomic E-state index is -0.317. The number of anilines is 1. The maximum atomic E-state index is 12.0. The van der Waals surface area contributed by atoms with Crippen LogP contribution in [-0.2, 0) is 16.0 Å². The zero-order valence-electron chi connectivity index (χ0n) is 13.9.